The van der Waals surface area contributed by atoms with E-state index in [1.165, 1.54) is 19.1 Å². The number of allylic oxidation sites excluding steroid dienone is 1. The summed E-state index contributed by atoms with van der Waals surface area (Å²) in [6.07, 6.45) is 3.16. The van der Waals surface area contributed by atoms with Gasteiger partial charge in [0, 0.05) is 11.5 Å². The van der Waals surface area contributed by atoms with Gasteiger partial charge in [-0.25, -0.2) is 0 Å². The molecule has 0 fully saturated rings. The first-order chi connectivity index (χ1) is 8.06. The third kappa shape index (κ3) is 2.45. The van der Waals surface area contributed by atoms with Crippen molar-refractivity contribution in [2.24, 2.45) is 0 Å². The zero-order valence-corrected chi connectivity index (χ0v) is 9.34. The smallest absolute Gasteiger partial charge is 0.152 e. The lowest BCUT2D eigenvalue weighted by molar-refractivity contribution is -0.112. The molecule has 0 bridgehead atoms. The lowest BCUT2D eigenvalue weighted by Gasteiger charge is -2.03. The Bertz CT molecular complexity index is 612. The van der Waals surface area contributed by atoms with Crippen molar-refractivity contribution in [3.05, 3.63) is 42.0 Å². The maximum Gasteiger partial charge on any atom is 0.152 e. The summed E-state index contributed by atoms with van der Waals surface area (Å²) in [5, 5.41) is 20.4. The maximum atomic E-state index is 10.8. The summed E-state index contributed by atoms with van der Waals surface area (Å²) in [6, 6.07) is 8.24. The molecule has 2 N–H and O–H groups in total. The van der Waals surface area contributed by atoms with E-state index in [4.69, 9.17) is 0 Å². The van der Waals surface area contributed by atoms with Crippen LogP contribution in [-0.4, -0.2) is 16.0 Å². The van der Waals surface area contributed by atoms with Gasteiger partial charge in [-0.15, -0.1) is 0 Å². The van der Waals surface area contributed by atoms with Crippen molar-refractivity contribution in [2.75, 3.05) is 0 Å². The SMILES string of the molecule is CC(=O)/C=C/c1ccc2cc(O)cc(O)c2c1. The minimum Gasteiger partial charge on any atom is -0.508 e. The Hall–Kier alpha value is -2.29. The van der Waals surface area contributed by atoms with E-state index in [1.807, 2.05) is 6.07 Å². The van der Waals surface area contributed by atoms with Gasteiger partial charge in [-0.3, -0.25) is 4.79 Å². The quantitative estimate of drug-likeness (QED) is 0.777. The Balaban J connectivity index is 2.54. The number of rotatable bonds is 2. The molecule has 86 valence electrons. The first-order valence-electron chi connectivity index (χ1n) is 5.20. The lowest BCUT2D eigenvalue weighted by Crippen LogP contribution is -1.81. The Morgan fingerprint density at radius 1 is 1.18 bits per heavy atom. The van der Waals surface area contributed by atoms with E-state index >= 15 is 0 Å². The van der Waals surface area contributed by atoms with Crippen LogP contribution in [-0.2, 0) is 4.79 Å². The summed E-state index contributed by atoms with van der Waals surface area (Å²) in [7, 11) is 0. The average molecular weight is 228 g/mol. The lowest BCUT2D eigenvalue weighted by atomic mass is 10.1. The largest absolute Gasteiger partial charge is 0.508 e. The predicted octanol–water partition coefficient (Wildman–Crippen LogP) is 2.85. The maximum absolute atomic E-state index is 10.8. The minimum absolute atomic E-state index is 0.0260. The van der Waals surface area contributed by atoms with E-state index in [-0.39, 0.29) is 17.3 Å². The number of hydrogen-bond acceptors (Lipinski definition) is 3. The number of aromatic hydroxyl groups is 2. The molecule has 0 aliphatic heterocycles. The van der Waals surface area contributed by atoms with Gasteiger partial charge in [-0.2, -0.15) is 0 Å². The second-order valence-corrected chi connectivity index (χ2v) is 3.89. The highest BCUT2D eigenvalue weighted by molar-refractivity contribution is 5.94. The molecule has 0 unspecified atom stereocenters. The van der Waals surface area contributed by atoms with Gasteiger partial charge in [-0.1, -0.05) is 18.2 Å². The first-order valence-corrected chi connectivity index (χ1v) is 5.20. The van der Waals surface area contributed by atoms with Gasteiger partial charge < -0.3 is 10.2 Å². The molecular weight excluding hydrogens is 216 g/mol. The number of carbonyl (C=O) groups excluding carboxylic acids is 1. The number of hydrogen-bond donors (Lipinski definition) is 2. The van der Waals surface area contributed by atoms with Crippen LogP contribution in [0.1, 0.15) is 12.5 Å². The summed E-state index contributed by atoms with van der Waals surface area (Å²) < 4.78 is 0. The Morgan fingerprint density at radius 3 is 2.65 bits per heavy atom. The average Bonchev–Trinajstić information content (AvgIpc) is 2.26. The van der Waals surface area contributed by atoms with Crippen molar-refractivity contribution in [3.63, 3.8) is 0 Å². The van der Waals surface area contributed by atoms with Gasteiger partial charge in [-0.05, 0) is 36.1 Å². The van der Waals surface area contributed by atoms with E-state index < -0.39 is 0 Å². The van der Waals surface area contributed by atoms with Crippen LogP contribution >= 0.6 is 0 Å². The van der Waals surface area contributed by atoms with Gasteiger partial charge in [0.15, 0.2) is 5.78 Å². The van der Waals surface area contributed by atoms with Crippen LogP contribution in [0.5, 0.6) is 11.5 Å². The van der Waals surface area contributed by atoms with Crippen molar-refractivity contribution in [1.29, 1.82) is 0 Å². The van der Waals surface area contributed by atoms with Gasteiger partial charge >= 0.3 is 0 Å². The van der Waals surface area contributed by atoms with E-state index in [1.54, 1.807) is 24.3 Å². The van der Waals surface area contributed by atoms with Gasteiger partial charge in [0.05, 0.1) is 0 Å². The highest BCUT2D eigenvalue weighted by Crippen LogP contribution is 2.30. The van der Waals surface area contributed by atoms with Crippen molar-refractivity contribution in [1.82, 2.24) is 0 Å². The van der Waals surface area contributed by atoms with Crippen LogP contribution in [0.4, 0.5) is 0 Å². The Morgan fingerprint density at radius 2 is 1.94 bits per heavy atom. The zero-order chi connectivity index (χ0) is 12.4. The molecule has 2 aromatic rings. The highest BCUT2D eigenvalue weighted by atomic mass is 16.3. The molecule has 0 aliphatic rings. The third-order valence-corrected chi connectivity index (χ3v) is 2.45. The topological polar surface area (TPSA) is 57.5 Å². The predicted molar refractivity (Wildman–Crippen MR) is 67.0 cm³/mol. The Kier molecular flexibility index (Phi) is 2.83. The molecule has 0 amide bonds. The normalized spacial score (nSPS) is 11.1. The van der Waals surface area contributed by atoms with Crippen molar-refractivity contribution < 1.29 is 15.0 Å². The number of carbonyl (C=O) groups is 1. The summed E-state index contributed by atoms with van der Waals surface area (Å²) in [4.78, 5) is 10.8. The van der Waals surface area contributed by atoms with Crippen LogP contribution in [0.25, 0.3) is 16.8 Å². The molecule has 2 rings (SSSR count). The summed E-state index contributed by atoms with van der Waals surface area (Å²) in [5.74, 6) is 0.0279. The van der Waals surface area contributed by atoms with Crippen molar-refractivity contribution in [3.8, 4) is 11.5 Å². The number of fused-ring (bicyclic) bond motifs is 1. The molecule has 17 heavy (non-hydrogen) atoms. The second kappa shape index (κ2) is 4.29. The first kappa shape index (κ1) is 11.2. The number of ketones is 1. The van der Waals surface area contributed by atoms with Gasteiger partial charge in [0.2, 0.25) is 0 Å². The van der Waals surface area contributed by atoms with Crippen LogP contribution in [0, 0.1) is 0 Å². The van der Waals surface area contributed by atoms with Crippen LogP contribution in [0.15, 0.2) is 36.4 Å². The van der Waals surface area contributed by atoms with E-state index in [2.05, 4.69) is 0 Å². The van der Waals surface area contributed by atoms with Gasteiger partial charge in [0.25, 0.3) is 0 Å². The molecule has 0 aliphatic carbocycles. The molecule has 0 radical (unpaired) electrons. The highest BCUT2D eigenvalue weighted by Gasteiger charge is 2.02. The van der Waals surface area contributed by atoms with Crippen molar-refractivity contribution in [2.45, 2.75) is 6.92 Å². The molecule has 0 spiro atoms. The van der Waals surface area contributed by atoms with Gasteiger partial charge in [0.1, 0.15) is 11.5 Å². The number of benzene rings is 2. The summed E-state index contributed by atoms with van der Waals surface area (Å²) in [5.41, 5.74) is 0.827. The number of phenols is 2. The van der Waals surface area contributed by atoms with Crippen molar-refractivity contribution >= 4 is 22.6 Å². The molecule has 0 atom stereocenters. The fourth-order valence-electron chi connectivity index (χ4n) is 1.66. The molecule has 0 aromatic heterocycles. The fraction of sp³-hybridized carbons (Fsp3) is 0.0714. The monoisotopic (exact) mass is 228 g/mol. The molecule has 0 saturated heterocycles. The van der Waals surface area contributed by atoms with Crippen LogP contribution < -0.4 is 0 Å². The third-order valence-electron chi connectivity index (χ3n) is 2.45. The fourth-order valence-corrected chi connectivity index (χ4v) is 1.66. The standard InChI is InChI=1S/C14H12O3/c1-9(15)2-3-10-4-5-11-7-12(16)8-14(17)13(11)6-10/h2-8,16-17H,1H3/b3-2+. The molecule has 0 saturated carbocycles. The van der Waals surface area contributed by atoms with E-state index in [0.717, 1.165) is 10.9 Å². The zero-order valence-electron chi connectivity index (χ0n) is 9.34. The van der Waals surface area contributed by atoms with E-state index in [0.29, 0.717) is 5.39 Å². The Labute approximate surface area is 98.6 Å². The molecule has 3 nitrogen and oxygen atoms in total. The van der Waals surface area contributed by atoms with E-state index in [9.17, 15) is 15.0 Å². The van der Waals surface area contributed by atoms with Crippen LogP contribution in [0.2, 0.25) is 0 Å². The second-order valence-electron chi connectivity index (χ2n) is 3.89. The molecule has 0 heterocycles. The molecular formula is C14H12O3. The number of phenolic OH excluding ortho intramolecular Hbond substituents is 2. The van der Waals surface area contributed by atoms with Crippen LogP contribution in [0.3, 0.4) is 0 Å². The summed E-state index contributed by atoms with van der Waals surface area (Å²) >= 11 is 0. The summed E-state index contributed by atoms with van der Waals surface area (Å²) in [6.45, 7) is 1.48. The molecule has 3 heteroatoms. The molecule has 2 aromatic carbocycles. The minimum atomic E-state index is -0.0278.